The molecule has 1 atom stereocenters. The molecule has 1 heterocycles. The van der Waals surface area contributed by atoms with E-state index in [1.165, 1.54) is 4.31 Å². The molecule has 0 aliphatic carbocycles. The maximum absolute atomic E-state index is 12.9. The van der Waals surface area contributed by atoms with Gasteiger partial charge in [-0.15, -0.1) is 0 Å². The number of rotatable bonds is 8. The van der Waals surface area contributed by atoms with Gasteiger partial charge in [-0.2, -0.15) is 4.31 Å². The van der Waals surface area contributed by atoms with Gasteiger partial charge >= 0.3 is 5.97 Å². The molecule has 1 aliphatic rings. The van der Waals surface area contributed by atoms with Crippen LogP contribution in [0.3, 0.4) is 0 Å². The third kappa shape index (κ3) is 6.27. The second-order valence-electron chi connectivity index (χ2n) is 7.79. The molecular formula is C21H32N2O5S. The van der Waals surface area contributed by atoms with Crippen LogP contribution in [-0.2, 0) is 24.3 Å². The Hall–Kier alpha value is -1.93. The van der Waals surface area contributed by atoms with Gasteiger partial charge in [0, 0.05) is 19.1 Å². The van der Waals surface area contributed by atoms with Gasteiger partial charge < -0.3 is 10.1 Å². The van der Waals surface area contributed by atoms with Crippen LogP contribution in [0, 0.1) is 19.8 Å². The van der Waals surface area contributed by atoms with Crippen molar-refractivity contribution in [2.75, 3.05) is 19.7 Å². The summed E-state index contributed by atoms with van der Waals surface area (Å²) in [4.78, 5) is 24.4. The number of carbonyl (C=O) groups is 2. The lowest BCUT2D eigenvalue weighted by Crippen LogP contribution is -2.41. The molecule has 1 unspecified atom stereocenters. The monoisotopic (exact) mass is 424 g/mol. The molecule has 1 amide bonds. The van der Waals surface area contributed by atoms with Gasteiger partial charge in [-0.1, -0.05) is 19.4 Å². The number of hydrogen-bond donors (Lipinski definition) is 1. The van der Waals surface area contributed by atoms with Crippen molar-refractivity contribution in [2.24, 2.45) is 5.92 Å². The summed E-state index contributed by atoms with van der Waals surface area (Å²) >= 11 is 0. The molecule has 162 valence electrons. The number of sulfonamides is 1. The summed E-state index contributed by atoms with van der Waals surface area (Å²) in [5, 5.41) is 2.79. The van der Waals surface area contributed by atoms with Crippen molar-refractivity contribution >= 4 is 21.9 Å². The van der Waals surface area contributed by atoms with Crippen molar-refractivity contribution in [3.05, 3.63) is 29.3 Å². The smallest absolute Gasteiger partial charge is 0.309 e. The Bertz CT molecular complexity index is 829. The van der Waals surface area contributed by atoms with E-state index >= 15 is 0 Å². The van der Waals surface area contributed by atoms with Crippen molar-refractivity contribution in [3.8, 4) is 0 Å². The van der Waals surface area contributed by atoms with E-state index in [4.69, 9.17) is 4.74 Å². The zero-order chi connectivity index (χ0) is 21.6. The summed E-state index contributed by atoms with van der Waals surface area (Å²) in [5.74, 6) is -1.14. The fourth-order valence-electron chi connectivity index (χ4n) is 3.43. The Morgan fingerprint density at radius 2 is 1.86 bits per heavy atom. The molecule has 1 N–H and O–H groups in total. The van der Waals surface area contributed by atoms with Crippen molar-refractivity contribution in [3.63, 3.8) is 0 Å². The Morgan fingerprint density at radius 1 is 1.21 bits per heavy atom. The van der Waals surface area contributed by atoms with Gasteiger partial charge in [-0.3, -0.25) is 9.59 Å². The second kappa shape index (κ2) is 10.2. The zero-order valence-electron chi connectivity index (χ0n) is 17.7. The SMILES string of the molecule is CCCC(C)NC(=O)COC(=O)C1CCN(S(=O)(=O)c2ccc(C)c(C)c2)CC1. The van der Waals surface area contributed by atoms with Crippen LogP contribution in [0.1, 0.15) is 50.7 Å². The van der Waals surface area contributed by atoms with Gasteiger partial charge in [0.25, 0.3) is 5.91 Å². The molecule has 1 saturated heterocycles. The van der Waals surface area contributed by atoms with Gasteiger partial charge in [-0.05, 0) is 63.3 Å². The first-order valence-electron chi connectivity index (χ1n) is 10.2. The maximum atomic E-state index is 12.9. The third-order valence-electron chi connectivity index (χ3n) is 5.38. The normalized spacial score (nSPS) is 17.0. The predicted molar refractivity (Wildman–Crippen MR) is 111 cm³/mol. The van der Waals surface area contributed by atoms with Crippen LogP contribution in [0.5, 0.6) is 0 Å². The van der Waals surface area contributed by atoms with Crippen LogP contribution >= 0.6 is 0 Å². The number of piperidine rings is 1. The van der Waals surface area contributed by atoms with E-state index in [1.54, 1.807) is 18.2 Å². The van der Waals surface area contributed by atoms with Gasteiger partial charge in [0.2, 0.25) is 10.0 Å². The molecule has 0 radical (unpaired) electrons. The molecule has 1 aromatic rings. The van der Waals surface area contributed by atoms with E-state index in [-0.39, 0.29) is 42.5 Å². The Kier molecular flexibility index (Phi) is 8.22. The molecule has 8 heteroatoms. The lowest BCUT2D eigenvalue weighted by molar-refractivity contribution is -0.153. The second-order valence-corrected chi connectivity index (χ2v) is 9.73. The minimum atomic E-state index is -3.58. The highest BCUT2D eigenvalue weighted by atomic mass is 32.2. The number of amides is 1. The fourth-order valence-corrected chi connectivity index (χ4v) is 4.99. The van der Waals surface area contributed by atoms with Crippen LogP contribution in [0.15, 0.2) is 23.1 Å². The van der Waals surface area contributed by atoms with E-state index in [0.717, 1.165) is 24.0 Å². The Morgan fingerprint density at radius 3 is 2.45 bits per heavy atom. The molecule has 1 aliphatic heterocycles. The first kappa shape index (κ1) is 23.3. The number of ether oxygens (including phenoxy) is 1. The van der Waals surface area contributed by atoms with Crippen LogP contribution < -0.4 is 5.32 Å². The molecule has 2 rings (SSSR count). The molecule has 0 spiro atoms. The third-order valence-corrected chi connectivity index (χ3v) is 7.27. The molecule has 0 bridgehead atoms. The lowest BCUT2D eigenvalue weighted by atomic mass is 9.98. The number of carbonyl (C=O) groups excluding carboxylic acids is 2. The van der Waals surface area contributed by atoms with E-state index < -0.39 is 16.0 Å². The minimum absolute atomic E-state index is 0.0464. The summed E-state index contributed by atoms with van der Waals surface area (Å²) in [5.41, 5.74) is 1.97. The predicted octanol–water partition coefficient (Wildman–Crippen LogP) is 2.55. The van der Waals surface area contributed by atoms with Gasteiger partial charge in [-0.25, -0.2) is 8.42 Å². The zero-order valence-corrected chi connectivity index (χ0v) is 18.5. The summed E-state index contributed by atoms with van der Waals surface area (Å²) in [6.45, 7) is 7.99. The summed E-state index contributed by atoms with van der Waals surface area (Å²) in [6, 6.07) is 5.16. The van der Waals surface area contributed by atoms with Crippen LogP contribution in [0.2, 0.25) is 0 Å². The average molecular weight is 425 g/mol. The highest BCUT2D eigenvalue weighted by Crippen LogP contribution is 2.25. The lowest BCUT2D eigenvalue weighted by Gasteiger charge is -2.30. The number of hydrogen-bond acceptors (Lipinski definition) is 5. The number of nitrogens with one attached hydrogen (secondary N) is 1. The fraction of sp³-hybridized carbons (Fsp3) is 0.619. The average Bonchev–Trinajstić information content (AvgIpc) is 2.68. The summed E-state index contributed by atoms with van der Waals surface area (Å²) in [6.07, 6.45) is 2.60. The molecule has 0 saturated carbocycles. The van der Waals surface area contributed by atoms with Crippen LogP contribution in [-0.4, -0.2) is 50.3 Å². The summed E-state index contributed by atoms with van der Waals surface area (Å²) < 4.78 is 32.3. The number of nitrogens with zero attached hydrogens (tertiary/aromatic N) is 1. The molecule has 29 heavy (non-hydrogen) atoms. The molecule has 0 aromatic heterocycles. The van der Waals surface area contributed by atoms with Crippen molar-refractivity contribution < 1.29 is 22.7 Å². The van der Waals surface area contributed by atoms with E-state index in [1.807, 2.05) is 27.7 Å². The van der Waals surface area contributed by atoms with Crippen molar-refractivity contribution in [2.45, 2.75) is 64.3 Å². The topological polar surface area (TPSA) is 92.8 Å². The van der Waals surface area contributed by atoms with Crippen LogP contribution in [0.4, 0.5) is 0 Å². The highest BCUT2D eigenvalue weighted by molar-refractivity contribution is 7.89. The quantitative estimate of drug-likeness (QED) is 0.648. The molecule has 1 fully saturated rings. The molecule has 1 aromatic carbocycles. The number of aryl methyl sites for hydroxylation is 2. The van der Waals surface area contributed by atoms with Gasteiger partial charge in [0.05, 0.1) is 10.8 Å². The number of benzene rings is 1. The molecule has 7 nitrogen and oxygen atoms in total. The highest BCUT2D eigenvalue weighted by Gasteiger charge is 2.33. The van der Waals surface area contributed by atoms with Gasteiger partial charge in [0.15, 0.2) is 6.61 Å². The maximum Gasteiger partial charge on any atom is 0.309 e. The first-order valence-corrected chi connectivity index (χ1v) is 11.6. The van der Waals surface area contributed by atoms with E-state index in [9.17, 15) is 18.0 Å². The standard InChI is InChI=1S/C21H32N2O5S/c1-5-6-17(4)22-20(24)14-28-21(25)18-9-11-23(12-10-18)29(26,27)19-8-7-15(2)16(3)13-19/h7-8,13,17-18H,5-6,9-12,14H2,1-4H3,(H,22,24). The summed E-state index contributed by atoms with van der Waals surface area (Å²) in [7, 11) is -3.58. The molecular weight excluding hydrogens is 392 g/mol. The Balaban J connectivity index is 1.85. The van der Waals surface area contributed by atoms with Gasteiger partial charge in [0.1, 0.15) is 0 Å². The number of esters is 1. The van der Waals surface area contributed by atoms with Crippen molar-refractivity contribution in [1.29, 1.82) is 0 Å². The van der Waals surface area contributed by atoms with Crippen LogP contribution in [0.25, 0.3) is 0 Å². The Labute approximate surface area is 173 Å². The largest absolute Gasteiger partial charge is 0.455 e. The first-order chi connectivity index (χ1) is 13.6. The minimum Gasteiger partial charge on any atom is -0.455 e. The van der Waals surface area contributed by atoms with Crippen molar-refractivity contribution in [1.82, 2.24) is 9.62 Å². The van der Waals surface area contributed by atoms with E-state index in [0.29, 0.717) is 12.8 Å². The van der Waals surface area contributed by atoms with E-state index in [2.05, 4.69) is 5.32 Å².